The number of unbranched alkanes of at least 4 members (excludes halogenated alkanes) is 1. The first kappa shape index (κ1) is 25.3. The zero-order valence-electron chi connectivity index (χ0n) is 19.8. The molecule has 3 aromatic carbocycles. The molecule has 35 heavy (non-hydrogen) atoms. The zero-order valence-corrected chi connectivity index (χ0v) is 21.4. The van der Waals surface area contributed by atoms with E-state index in [2.05, 4.69) is 47.1 Å². The number of nitrogens with zero attached hydrogens (tertiary/aromatic N) is 2. The van der Waals surface area contributed by atoms with E-state index in [9.17, 15) is 13.2 Å². The fourth-order valence-corrected chi connectivity index (χ4v) is 4.58. The molecule has 2 nitrogen and oxygen atoms in total. The van der Waals surface area contributed by atoms with Crippen LogP contribution < -0.4 is 0 Å². The maximum Gasteiger partial charge on any atom is 0.418 e. The van der Waals surface area contributed by atoms with Gasteiger partial charge in [0.15, 0.2) is 0 Å². The van der Waals surface area contributed by atoms with Crippen LogP contribution in [0.1, 0.15) is 24.0 Å². The minimum absolute atomic E-state index is 0.120. The monoisotopic (exact) mass is 540 g/mol. The molecule has 0 aliphatic heterocycles. The molecule has 1 aromatic heterocycles. The number of alkyl halides is 3. The molecule has 6 heteroatoms. The first-order chi connectivity index (χ1) is 16.7. The van der Waals surface area contributed by atoms with Crippen LogP contribution in [0.25, 0.3) is 28.2 Å². The highest BCUT2D eigenvalue weighted by Crippen LogP contribution is 2.39. The minimum atomic E-state index is -4.47. The van der Waals surface area contributed by atoms with Crippen molar-refractivity contribution in [3.63, 3.8) is 0 Å². The maximum atomic E-state index is 14.0. The smallest absolute Gasteiger partial charge is 0.309 e. The first-order valence-corrected chi connectivity index (χ1v) is 12.4. The molecule has 0 saturated carbocycles. The third-order valence-corrected chi connectivity index (χ3v) is 6.54. The van der Waals surface area contributed by atoms with Crippen LogP contribution in [-0.4, -0.2) is 30.1 Å². The molecule has 0 radical (unpaired) electrons. The van der Waals surface area contributed by atoms with Crippen LogP contribution in [0.15, 0.2) is 89.4 Å². The quantitative estimate of drug-likeness (QED) is 0.203. The van der Waals surface area contributed by atoms with Gasteiger partial charge in [-0.25, -0.2) is 0 Å². The lowest BCUT2D eigenvalue weighted by molar-refractivity contribution is -0.137. The minimum Gasteiger partial charge on any atom is -0.309 e. The van der Waals surface area contributed by atoms with Crippen molar-refractivity contribution in [3.05, 3.63) is 101 Å². The maximum absolute atomic E-state index is 14.0. The summed E-state index contributed by atoms with van der Waals surface area (Å²) < 4.78 is 44.7. The summed E-state index contributed by atoms with van der Waals surface area (Å²) >= 11 is 3.44. The highest BCUT2D eigenvalue weighted by molar-refractivity contribution is 9.10. The second-order valence-electron chi connectivity index (χ2n) is 8.92. The highest BCUT2D eigenvalue weighted by atomic mass is 79.9. The van der Waals surface area contributed by atoms with Crippen LogP contribution in [0, 0.1) is 0 Å². The number of hydrogen-bond donors (Lipinski definition) is 0. The van der Waals surface area contributed by atoms with Gasteiger partial charge in [-0.3, -0.25) is 0 Å². The van der Waals surface area contributed by atoms with E-state index < -0.39 is 11.7 Å². The van der Waals surface area contributed by atoms with Crippen molar-refractivity contribution in [1.82, 2.24) is 9.47 Å². The van der Waals surface area contributed by atoms with E-state index in [4.69, 9.17) is 0 Å². The van der Waals surface area contributed by atoms with Crippen LogP contribution in [0.4, 0.5) is 13.2 Å². The number of aryl methyl sites for hydroxylation is 1. The second-order valence-corrected chi connectivity index (χ2v) is 9.84. The van der Waals surface area contributed by atoms with E-state index >= 15 is 0 Å². The molecule has 0 unspecified atom stereocenters. The Morgan fingerprint density at radius 1 is 0.771 bits per heavy atom. The van der Waals surface area contributed by atoms with Crippen molar-refractivity contribution in [1.29, 1.82) is 0 Å². The Kier molecular flexibility index (Phi) is 7.82. The van der Waals surface area contributed by atoms with Crippen molar-refractivity contribution in [3.8, 4) is 28.2 Å². The van der Waals surface area contributed by atoms with E-state index in [1.54, 1.807) is 16.7 Å². The Bertz CT molecular complexity index is 1270. The van der Waals surface area contributed by atoms with Gasteiger partial charge in [0, 0.05) is 4.47 Å². The Labute approximate surface area is 213 Å². The number of halogens is 4. The predicted octanol–water partition coefficient (Wildman–Crippen LogP) is 8.48. The van der Waals surface area contributed by atoms with Gasteiger partial charge >= 0.3 is 6.18 Å². The number of para-hydroxylation sites is 1. The van der Waals surface area contributed by atoms with Gasteiger partial charge in [0.25, 0.3) is 0 Å². The van der Waals surface area contributed by atoms with E-state index in [0.29, 0.717) is 5.69 Å². The summed E-state index contributed by atoms with van der Waals surface area (Å²) in [6.45, 7) is 1.04. The lowest BCUT2D eigenvalue weighted by Gasteiger charge is -2.19. The summed E-state index contributed by atoms with van der Waals surface area (Å²) in [4.78, 5) is 2.17. The summed E-state index contributed by atoms with van der Waals surface area (Å²) in [6.07, 6.45) is -1.38. The zero-order chi connectivity index (χ0) is 25.0. The molecule has 0 fully saturated rings. The lowest BCUT2D eigenvalue weighted by atomic mass is 10.0. The van der Waals surface area contributed by atoms with Crippen molar-refractivity contribution in [2.24, 2.45) is 0 Å². The molecule has 0 aliphatic carbocycles. The fraction of sp³-hybridized carbons (Fsp3) is 0.241. The third-order valence-electron chi connectivity index (χ3n) is 6.01. The summed E-state index contributed by atoms with van der Waals surface area (Å²) in [5.74, 6) is 0. The van der Waals surface area contributed by atoms with Gasteiger partial charge in [0.05, 0.1) is 22.6 Å². The predicted molar refractivity (Wildman–Crippen MR) is 141 cm³/mol. The van der Waals surface area contributed by atoms with Gasteiger partial charge in [-0.2, -0.15) is 13.2 Å². The third kappa shape index (κ3) is 6.06. The van der Waals surface area contributed by atoms with Crippen molar-refractivity contribution >= 4 is 15.9 Å². The lowest BCUT2D eigenvalue weighted by Crippen LogP contribution is -2.12. The topological polar surface area (TPSA) is 8.17 Å². The molecule has 4 rings (SSSR count). The first-order valence-electron chi connectivity index (χ1n) is 11.6. The van der Waals surface area contributed by atoms with E-state index in [0.717, 1.165) is 53.2 Å². The van der Waals surface area contributed by atoms with Crippen LogP contribution in [-0.2, 0) is 12.6 Å². The molecule has 4 aromatic rings. The Balaban J connectivity index is 1.81. The van der Waals surface area contributed by atoms with Crippen LogP contribution >= 0.6 is 15.9 Å². The van der Waals surface area contributed by atoms with E-state index in [1.807, 2.05) is 48.5 Å². The Hall–Kier alpha value is -2.83. The molecule has 1 heterocycles. The van der Waals surface area contributed by atoms with Crippen LogP contribution in [0.3, 0.4) is 0 Å². The second kappa shape index (κ2) is 10.8. The Morgan fingerprint density at radius 3 is 2.14 bits per heavy atom. The fourth-order valence-electron chi connectivity index (χ4n) is 4.32. The molecule has 0 saturated heterocycles. The summed E-state index contributed by atoms with van der Waals surface area (Å²) in [5.41, 5.74) is 3.83. The van der Waals surface area contributed by atoms with E-state index in [-0.39, 0.29) is 5.69 Å². The normalized spacial score (nSPS) is 11.9. The number of aromatic nitrogens is 1. The molecule has 0 N–H and O–H groups in total. The van der Waals surface area contributed by atoms with Crippen LogP contribution in [0.2, 0.25) is 0 Å². The Morgan fingerprint density at radius 2 is 1.46 bits per heavy atom. The van der Waals surface area contributed by atoms with Crippen molar-refractivity contribution in [2.45, 2.75) is 25.4 Å². The molecular weight excluding hydrogens is 513 g/mol. The largest absolute Gasteiger partial charge is 0.418 e. The van der Waals surface area contributed by atoms with E-state index in [1.165, 1.54) is 11.6 Å². The molecular formula is C29H28BrF3N2. The average Bonchev–Trinajstić information content (AvgIpc) is 3.27. The van der Waals surface area contributed by atoms with Gasteiger partial charge in [-0.05, 0) is 99.1 Å². The number of hydrogen-bond acceptors (Lipinski definition) is 1. The molecule has 0 atom stereocenters. The van der Waals surface area contributed by atoms with Crippen molar-refractivity contribution < 1.29 is 13.2 Å². The van der Waals surface area contributed by atoms with Gasteiger partial charge < -0.3 is 9.47 Å². The molecule has 0 spiro atoms. The highest BCUT2D eigenvalue weighted by Gasteiger charge is 2.34. The summed E-state index contributed by atoms with van der Waals surface area (Å²) in [5, 5.41) is 0. The summed E-state index contributed by atoms with van der Waals surface area (Å²) in [6, 6.07) is 25.4. The van der Waals surface area contributed by atoms with Gasteiger partial charge in [-0.15, -0.1) is 0 Å². The van der Waals surface area contributed by atoms with Gasteiger partial charge in [-0.1, -0.05) is 58.4 Å². The number of rotatable bonds is 8. The average molecular weight is 541 g/mol. The SMILES string of the molecule is CN(C)CCCCc1cccc(-c2ccc(-c3ccc(Br)cc3)n2-c2ccccc2C(F)(F)F)c1. The molecule has 0 amide bonds. The van der Waals surface area contributed by atoms with Gasteiger partial charge in [0.2, 0.25) is 0 Å². The summed E-state index contributed by atoms with van der Waals surface area (Å²) in [7, 11) is 4.13. The van der Waals surface area contributed by atoms with Gasteiger partial charge in [0.1, 0.15) is 0 Å². The standard InChI is InChI=1S/C29H28BrF3N2/c1-34(2)19-6-5-8-21-9-7-10-23(20-21)27-18-17-26(22-13-15-24(30)16-14-22)35(27)28-12-4-3-11-25(28)29(31,32)33/h3-4,7,9-18,20H,5-6,8,19H2,1-2H3. The molecule has 182 valence electrons. The van der Waals surface area contributed by atoms with Crippen LogP contribution in [0.5, 0.6) is 0 Å². The molecule has 0 aliphatic rings. The van der Waals surface area contributed by atoms with Crippen molar-refractivity contribution in [2.75, 3.05) is 20.6 Å². The number of benzene rings is 3. The molecule has 0 bridgehead atoms.